The largest absolute Gasteiger partial charge is 0.386 e. The van der Waals surface area contributed by atoms with Gasteiger partial charge >= 0.3 is 6.03 Å². The van der Waals surface area contributed by atoms with Gasteiger partial charge < -0.3 is 15.3 Å². The van der Waals surface area contributed by atoms with E-state index in [0.29, 0.717) is 31.0 Å². The van der Waals surface area contributed by atoms with Crippen molar-refractivity contribution in [2.45, 2.75) is 37.8 Å². The van der Waals surface area contributed by atoms with Crippen LogP contribution in [-0.4, -0.2) is 51.9 Å². The molecular formula is C18H21ClF2N4O2. The average molecular weight is 399 g/mol. The highest BCUT2D eigenvalue weighted by molar-refractivity contribution is 6.31. The number of aliphatic hydroxyl groups is 1. The van der Waals surface area contributed by atoms with Gasteiger partial charge in [-0.25, -0.2) is 13.6 Å². The molecule has 6 nitrogen and oxygen atoms in total. The second-order valence-corrected chi connectivity index (χ2v) is 7.89. The highest BCUT2D eigenvalue weighted by Crippen LogP contribution is 2.51. The van der Waals surface area contributed by atoms with Gasteiger partial charge in [0.2, 0.25) is 0 Å². The lowest BCUT2D eigenvalue weighted by atomic mass is 9.75. The van der Waals surface area contributed by atoms with Crippen molar-refractivity contribution >= 4 is 28.5 Å². The van der Waals surface area contributed by atoms with E-state index in [-0.39, 0.29) is 5.92 Å². The number of nitrogens with zero attached hydrogens (tertiary/aromatic N) is 3. The second kappa shape index (κ2) is 6.60. The summed E-state index contributed by atoms with van der Waals surface area (Å²) in [6.07, 6.45) is -0.252. The van der Waals surface area contributed by atoms with E-state index in [4.69, 9.17) is 11.6 Å². The number of urea groups is 1. The second-order valence-electron chi connectivity index (χ2n) is 7.46. The third kappa shape index (κ3) is 2.86. The lowest BCUT2D eigenvalue weighted by molar-refractivity contribution is -0.0118. The molecule has 0 spiro atoms. The molecule has 146 valence electrons. The molecule has 9 heteroatoms. The van der Waals surface area contributed by atoms with Gasteiger partial charge in [-0.2, -0.15) is 5.10 Å². The highest BCUT2D eigenvalue weighted by atomic mass is 35.5. The molecule has 0 radical (unpaired) electrons. The number of carbonyl (C=O) groups excluding carboxylic acids is 1. The number of piperidine rings is 1. The molecule has 1 aromatic carbocycles. The Morgan fingerprint density at radius 2 is 2.15 bits per heavy atom. The normalized spacial score (nSPS) is 25.6. The Kier molecular flexibility index (Phi) is 4.50. The molecule has 2 aliphatic heterocycles. The number of carbonyl (C=O) groups is 1. The van der Waals surface area contributed by atoms with Crippen molar-refractivity contribution in [2.24, 2.45) is 5.92 Å². The van der Waals surface area contributed by atoms with Crippen LogP contribution in [0, 0.1) is 5.92 Å². The van der Waals surface area contributed by atoms with E-state index < -0.39 is 30.6 Å². The van der Waals surface area contributed by atoms with Gasteiger partial charge in [0.1, 0.15) is 6.10 Å². The maximum Gasteiger partial charge on any atom is 0.317 e. The summed E-state index contributed by atoms with van der Waals surface area (Å²) >= 11 is 6.18. The summed E-state index contributed by atoms with van der Waals surface area (Å²) in [5.74, 6) is 0.0842. The third-order valence-electron chi connectivity index (χ3n) is 5.98. The number of rotatable bonds is 3. The minimum atomic E-state index is -2.56. The molecule has 2 amide bonds. The number of aromatic nitrogens is 2. The Morgan fingerprint density at radius 3 is 2.81 bits per heavy atom. The zero-order chi connectivity index (χ0) is 19.3. The summed E-state index contributed by atoms with van der Waals surface area (Å²) in [5.41, 5.74) is 1.03. The van der Waals surface area contributed by atoms with Crippen molar-refractivity contribution in [3.8, 4) is 0 Å². The first kappa shape index (κ1) is 18.4. The van der Waals surface area contributed by atoms with Crippen LogP contribution in [0.15, 0.2) is 18.3 Å². The molecule has 2 aromatic rings. The van der Waals surface area contributed by atoms with Gasteiger partial charge in [0, 0.05) is 29.1 Å². The van der Waals surface area contributed by atoms with Gasteiger partial charge in [-0.05, 0) is 37.8 Å². The molecule has 2 aliphatic rings. The van der Waals surface area contributed by atoms with E-state index in [1.54, 1.807) is 17.2 Å². The molecule has 3 heterocycles. The first-order chi connectivity index (χ1) is 12.8. The van der Waals surface area contributed by atoms with E-state index in [0.717, 1.165) is 16.5 Å². The minimum Gasteiger partial charge on any atom is -0.386 e. The van der Waals surface area contributed by atoms with Crippen LogP contribution in [0.25, 0.3) is 10.9 Å². The summed E-state index contributed by atoms with van der Waals surface area (Å²) < 4.78 is 26.4. The Morgan fingerprint density at radius 1 is 1.44 bits per heavy atom. The molecule has 0 bridgehead atoms. The van der Waals surface area contributed by atoms with Crippen molar-refractivity contribution in [1.82, 2.24) is 20.0 Å². The van der Waals surface area contributed by atoms with Gasteiger partial charge in [0.25, 0.3) is 6.43 Å². The van der Waals surface area contributed by atoms with Crippen LogP contribution < -0.4 is 5.32 Å². The monoisotopic (exact) mass is 398 g/mol. The van der Waals surface area contributed by atoms with Gasteiger partial charge in [-0.15, -0.1) is 0 Å². The van der Waals surface area contributed by atoms with E-state index in [2.05, 4.69) is 10.4 Å². The topological polar surface area (TPSA) is 70.4 Å². The molecule has 1 unspecified atom stereocenters. The van der Waals surface area contributed by atoms with Gasteiger partial charge in [0.15, 0.2) is 0 Å². The molecule has 0 aliphatic carbocycles. The Hall–Kier alpha value is -1.93. The lowest BCUT2D eigenvalue weighted by Crippen LogP contribution is -2.50. The number of halogens is 3. The summed E-state index contributed by atoms with van der Waals surface area (Å²) in [7, 11) is 0. The summed E-state index contributed by atoms with van der Waals surface area (Å²) in [6, 6.07) is 3.14. The first-order valence-electron chi connectivity index (χ1n) is 8.99. The zero-order valence-electron chi connectivity index (χ0n) is 14.8. The van der Waals surface area contributed by atoms with Gasteiger partial charge in [-0.3, -0.25) is 4.68 Å². The maximum atomic E-state index is 12.3. The van der Waals surface area contributed by atoms with E-state index in [9.17, 15) is 18.7 Å². The van der Waals surface area contributed by atoms with Gasteiger partial charge in [-0.1, -0.05) is 11.6 Å². The minimum absolute atomic E-state index is 0.0842. The standard InChI is InChI=1S/C18H21ClF2N4O2/c1-18(11-2-4-24(5-3-11)17(27)22-9-14(20)21)16(26)13-7-12(19)6-10-8-23-25(18)15(10)13/h6-8,11,14,16,26H,2-5,9H2,1H3,(H,22,27)/t16-,18?/m1/s1. The molecule has 1 saturated heterocycles. The fourth-order valence-electron chi connectivity index (χ4n) is 4.51. The number of likely N-dealkylation sites (tertiary alicyclic amines) is 1. The molecule has 27 heavy (non-hydrogen) atoms. The summed E-state index contributed by atoms with van der Waals surface area (Å²) in [6.45, 7) is 2.23. The van der Waals surface area contributed by atoms with Crippen molar-refractivity contribution in [3.63, 3.8) is 0 Å². The number of aliphatic hydroxyl groups excluding tert-OH is 1. The van der Waals surface area contributed by atoms with E-state index in [1.165, 1.54) is 0 Å². The highest BCUT2D eigenvalue weighted by Gasteiger charge is 2.50. The fourth-order valence-corrected chi connectivity index (χ4v) is 4.74. The number of hydrogen-bond donors (Lipinski definition) is 2. The average Bonchev–Trinajstić information content (AvgIpc) is 3.16. The van der Waals surface area contributed by atoms with Crippen LogP contribution in [-0.2, 0) is 5.54 Å². The number of hydrogen-bond acceptors (Lipinski definition) is 3. The number of alkyl halides is 2. The Balaban J connectivity index is 1.52. The van der Waals surface area contributed by atoms with Crippen LogP contribution in [0.5, 0.6) is 0 Å². The summed E-state index contributed by atoms with van der Waals surface area (Å²) in [4.78, 5) is 13.6. The molecule has 2 atom stereocenters. The molecule has 2 N–H and O–H groups in total. The van der Waals surface area contributed by atoms with Gasteiger partial charge in [0.05, 0.1) is 23.8 Å². The van der Waals surface area contributed by atoms with Crippen molar-refractivity contribution < 1.29 is 18.7 Å². The molecule has 1 fully saturated rings. The summed E-state index contributed by atoms with van der Waals surface area (Å²) in [5, 5.41) is 19.3. The Labute approximate surface area is 160 Å². The number of amides is 2. The van der Waals surface area contributed by atoms with E-state index >= 15 is 0 Å². The quantitative estimate of drug-likeness (QED) is 0.834. The molecule has 4 rings (SSSR count). The van der Waals surface area contributed by atoms with Crippen molar-refractivity contribution in [2.75, 3.05) is 19.6 Å². The number of nitrogens with one attached hydrogen (secondary N) is 1. The van der Waals surface area contributed by atoms with Crippen LogP contribution in [0.1, 0.15) is 31.4 Å². The predicted molar refractivity (Wildman–Crippen MR) is 97.1 cm³/mol. The van der Waals surface area contributed by atoms with Crippen molar-refractivity contribution in [1.29, 1.82) is 0 Å². The van der Waals surface area contributed by atoms with E-state index in [1.807, 2.05) is 17.7 Å². The van der Waals surface area contributed by atoms with Crippen LogP contribution in [0.2, 0.25) is 5.02 Å². The van der Waals surface area contributed by atoms with Crippen molar-refractivity contribution in [3.05, 3.63) is 28.9 Å². The fraction of sp³-hybridized carbons (Fsp3) is 0.556. The Bertz CT molecular complexity index is 882. The van der Waals surface area contributed by atoms with Crippen LogP contribution in [0.3, 0.4) is 0 Å². The van der Waals surface area contributed by atoms with Crippen LogP contribution >= 0.6 is 11.6 Å². The SMILES string of the molecule is CC1(C2CCN(C(=O)NCC(F)F)CC2)[C@H](O)c2cc(Cl)cc3cnn1c23. The lowest BCUT2D eigenvalue weighted by Gasteiger charge is -2.42. The smallest absolute Gasteiger partial charge is 0.317 e. The molecular weight excluding hydrogens is 378 g/mol. The zero-order valence-corrected chi connectivity index (χ0v) is 15.6. The predicted octanol–water partition coefficient (Wildman–Crippen LogP) is 3.14. The maximum absolute atomic E-state index is 12.3. The number of benzene rings is 1. The molecule has 1 aromatic heterocycles. The third-order valence-corrected chi connectivity index (χ3v) is 6.20. The first-order valence-corrected chi connectivity index (χ1v) is 9.36. The molecule has 0 saturated carbocycles. The van der Waals surface area contributed by atoms with Crippen LogP contribution in [0.4, 0.5) is 13.6 Å².